The molecule has 0 saturated heterocycles. The summed E-state index contributed by atoms with van der Waals surface area (Å²) in [5.41, 5.74) is 2.23. The van der Waals surface area contributed by atoms with Crippen LogP contribution in [0, 0.1) is 5.92 Å². The number of hydrogen-bond acceptors (Lipinski definition) is 3. The molecule has 1 aliphatic rings. The molecule has 90 valence electrons. The third-order valence-corrected chi connectivity index (χ3v) is 2.91. The van der Waals surface area contributed by atoms with Crippen LogP contribution in [0.25, 0.3) is 0 Å². The van der Waals surface area contributed by atoms with E-state index in [-0.39, 0.29) is 6.04 Å². The van der Waals surface area contributed by atoms with E-state index in [1.165, 1.54) is 0 Å². The summed E-state index contributed by atoms with van der Waals surface area (Å²) in [6.07, 6.45) is 7.17. The van der Waals surface area contributed by atoms with Crippen molar-refractivity contribution in [2.45, 2.75) is 53.0 Å². The third-order valence-electron chi connectivity index (χ3n) is 2.91. The second-order valence-corrected chi connectivity index (χ2v) is 4.40. The largest absolute Gasteiger partial charge is 0.349 e. The fraction of sp³-hybridized carbons (Fsp3) is 0.692. The summed E-state index contributed by atoms with van der Waals surface area (Å²) in [5, 5.41) is 3.14. The van der Waals surface area contributed by atoms with E-state index in [2.05, 4.69) is 43.0 Å². The van der Waals surface area contributed by atoms with Crippen LogP contribution in [0.5, 0.6) is 0 Å². The van der Waals surface area contributed by atoms with E-state index in [0.29, 0.717) is 5.92 Å². The molecule has 0 aliphatic carbocycles. The lowest BCUT2D eigenvalue weighted by molar-refractivity contribution is 0.648. The van der Waals surface area contributed by atoms with Gasteiger partial charge in [0.2, 0.25) is 0 Å². The van der Waals surface area contributed by atoms with Gasteiger partial charge in [-0.2, -0.15) is 0 Å². The molecule has 1 N–H and O–H groups in total. The van der Waals surface area contributed by atoms with Crippen LogP contribution in [0.3, 0.4) is 0 Å². The Morgan fingerprint density at radius 3 is 2.94 bits per heavy atom. The van der Waals surface area contributed by atoms with Gasteiger partial charge in [-0.15, -0.1) is 0 Å². The molecule has 0 saturated carbocycles. The minimum Gasteiger partial charge on any atom is -0.349 e. The van der Waals surface area contributed by atoms with Crippen molar-refractivity contribution in [2.24, 2.45) is 15.9 Å². The zero-order chi connectivity index (χ0) is 12.0. The first-order chi connectivity index (χ1) is 7.69. The number of allylic oxidation sites excluding steroid dienone is 1. The van der Waals surface area contributed by atoms with Crippen LogP contribution in [-0.2, 0) is 0 Å². The van der Waals surface area contributed by atoms with Gasteiger partial charge in [0.05, 0.1) is 18.1 Å². The Labute approximate surface area is 98.8 Å². The zero-order valence-corrected chi connectivity index (χ0v) is 10.8. The smallest absolute Gasteiger partial charge is 0.0954 e. The first-order valence-corrected chi connectivity index (χ1v) is 6.22. The average molecular weight is 221 g/mol. The van der Waals surface area contributed by atoms with Gasteiger partial charge < -0.3 is 5.32 Å². The van der Waals surface area contributed by atoms with E-state index in [4.69, 9.17) is 0 Å². The fourth-order valence-electron chi connectivity index (χ4n) is 1.60. The highest BCUT2D eigenvalue weighted by Gasteiger charge is 2.16. The Bertz CT molecular complexity index is 302. The van der Waals surface area contributed by atoms with Gasteiger partial charge in [0.15, 0.2) is 0 Å². The summed E-state index contributed by atoms with van der Waals surface area (Å²) in [6.45, 7) is 8.62. The quantitative estimate of drug-likeness (QED) is 0.711. The van der Waals surface area contributed by atoms with Crippen molar-refractivity contribution in [1.82, 2.24) is 5.32 Å². The molecule has 0 spiro atoms. The number of nitrogens with one attached hydrogen (secondary N) is 1. The van der Waals surface area contributed by atoms with Crippen molar-refractivity contribution >= 4 is 12.6 Å². The second-order valence-electron chi connectivity index (χ2n) is 4.40. The molecule has 0 aromatic rings. The van der Waals surface area contributed by atoms with E-state index >= 15 is 0 Å². The van der Waals surface area contributed by atoms with Gasteiger partial charge in [0.1, 0.15) is 0 Å². The van der Waals surface area contributed by atoms with E-state index in [9.17, 15) is 0 Å². The lowest BCUT2D eigenvalue weighted by Gasteiger charge is -2.20. The van der Waals surface area contributed by atoms with Crippen molar-refractivity contribution in [3.05, 3.63) is 11.4 Å². The summed E-state index contributed by atoms with van der Waals surface area (Å²) in [7, 11) is 0. The Morgan fingerprint density at radius 1 is 1.56 bits per heavy atom. The maximum absolute atomic E-state index is 4.61. The molecule has 1 aliphatic heterocycles. The lowest BCUT2D eigenvalue weighted by atomic mass is 10.1. The molecule has 0 aromatic heterocycles. The number of rotatable bonds is 5. The molecule has 3 nitrogen and oxygen atoms in total. The highest BCUT2D eigenvalue weighted by atomic mass is 15.0. The van der Waals surface area contributed by atoms with Crippen LogP contribution in [0.4, 0.5) is 0 Å². The van der Waals surface area contributed by atoms with E-state index in [1.54, 1.807) is 6.34 Å². The fourth-order valence-corrected chi connectivity index (χ4v) is 1.60. The first kappa shape index (κ1) is 12.9. The highest BCUT2D eigenvalue weighted by molar-refractivity contribution is 5.65. The minimum atomic E-state index is 0.242. The van der Waals surface area contributed by atoms with Crippen molar-refractivity contribution in [2.75, 3.05) is 0 Å². The maximum atomic E-state index is 4.61. The predicted octanol–water partition coefficient (Wildman–Crippen LogP) is 3.14. The summed E-state index contributed by atoms with van der Waals surface area (Å²) in [4.78, 5) is 9.06. The molecule has 0 aromatic carbocycles. The Kier molecular flexibility index (Phi) is 5.23. The summed E-state index contributed by atoms with van der Waals surface area (Å²) in [6, 6.07) is 0.242. The van der Waals surface area contributed by atoms with Gasteiger partial charge in [0.25, 0.3) is 0 Å². The molecule has 0 radical (unpaired) electrons. The van der Waals surface area contributed by atoms with Crippen molar-refractivity contribution in [3.8, 4) is 0 Å². The van der Waals surface area contributed by atoms with Crippen LogP contribution in [0.15, 0.2) is 21.4 Å². The molecule has 1 heterocycles. The van der Waals surface area contributed by atoms with Gasteiger partial charge in [-0.1, -0.05) is 27.2 Å². The molecule has 0 amide bonds. The van der Waals surface area contributed by atoms with Crippen LogP contribution < -0.4 is 5.32 Å². The van der Waals surface area contributed by atoms with E-state index < -0.39 is 0 Å². The number of aliphatic imine (C=N–C) groups is 2. The molecule has 0 bridgehead atoms. The molecule has 2 unspecified atom stereocenters. The van der Waals surface area contributed by atoms with Gasteiger partial charge >= 0.3 is 0 Å². The topological polar surface area (TPSA) is 36.8 Å². The summed E-state index contributed by atoms with van der Waals surface area (Å²) >= 11 is 0. The van der Waals surface area contributed by atoms with Crippen molar-refractivity contribution in [3.63, 3.8) is 0 Å². The third kappa shape index (κ3) is 3.47. The molecule has 2 atom stereocenters. The Balaban J connectivity index is 2.76. The molecule has 0 fully saturated rings. The van der Waals surface area contributed by atoms with Crippen LogP contribution >= 0.6 is 0 Å². The van der Waals surface area contributed by atoms with Gasteiger partial charge in [0, 0.05) is 11.9 Å². The average Bonchev–Trinajstić information content (AvgIpc) is 2.28. The summed E-state index contributed by atoms with van der Waals surface area (Å²) < 4.78 is 0. The zero-order valence-electron chi connectivity index (χ0n) is 10.8. The number of nitrogens with zero attached hydrogens (tertiary/aromatic N) is 2. The normalized spacial score (nSPS) is 22.6. The van der Waals surface area contributed by atoms with E-state index in [1.807, 2.05) is 6.21 Å². The SMILES string of the molecule is CCCC1N=CNC(C)=C1N=CC(C)CC. The highest BCUT2D eigenvalue weighted by Crippen LogP contribution is 2.19. The first-order valence-electron chi connectivity index (χ1n) is 6.22. The molecular weight excluding hydrogens is 198 g/mol. The van der Waals surface area contributed by atoms with E-state index in [0.717, 1.165) is 30.7 Å². The van der Waals surface area contributed by atoms with Gasteiger partial charge in [-0.3, -0.25) is 9.98 Å². The van der Waals surface area contributed by atoms with Gasteiger partial charge in [-0.05, 0) is 25.7 Å². The monoisotopic (exact) mass is 221 g/mol. The molecule has 1 rings (SSSR count). The summed E-state index contributed by atoms with van der Waals surface area (Å²) in [5.74, 6) is 0.536. The van der Waals surface area contributed by atoms with Crippen LogP contribution in [0.1, 0.15) is 47.0 Å². The second kappa shape index (κ2) is 6.46. The van der Waals surface area contributed by atoms with Gasteiger partial charge in [-0.25, -0.2) is 0 Å². The standard InChI is InChI=1S/C13H23N3/c1-5-7-12-13(11(4)15-9-16-12)14-8-10(3)6-2/h8-10,12H,5-7H2,1-4H3,(H,15,16). The molecular formula is C13H23N3. The van der Waals surface area contributed by atoms with Crippen molar-refractivity contribution in [1.29, 1.82) is 0 Å². The maximum Gasteiger partial charge on any atom is 0.0954 e. The van der Waals surface area contributed by atoms with Crippen LogP contribution in [0.2, 0.25) is 0 Å². The predicted molar refractivity (Wildman–Crippen MR) is 71.0 cm³/mol. The van der Waals surface area contributed by atoms with Crippen LogP contribution in [-0.4, -0.2) is 18.6 Å². The van der Waals surface area contributed by atoms with Crippen molar-refractivity contribution < 1.29 is 0 Å². The molecule has 16 heavy (non-hydrogen) atoms. The minimum absolute atomic E-state index is 0.242. The molecule has 3 heteroatoms. The lowest BCUT2D eigenvalue weighted by Crippen LogP contribution is -2.23. The number of hydrogen-bond donors (Lipinski definition) is 1. The Morgan fingerprint density at radius 2 is 2.31 bits per heavy atom. The Hall–Kier alpha value is -1.12.